The van der Waals surface area contributed by atoms with E-state index in [0.717, 1.165) is 35.9 Å². The fourth-order valence-electron chi connectivity index (χ4n) is 1.85. The highest BCUT2D eigenvalue weighted by Gasteiger charge is 2.07. The second-order valence-corrected chi connectivity index (χ2v) is 6.33. The molecule has 0 atom stereocenters. The van der Waals surface area contributed by atoms with Gasteiger partial charge in [0.2, 0.25) is 5.95 Å². The highest BCUT2D eigenvalue weighted by Crippen LogP contribution is 2.28. The highest BCUT2D eigenvalue weighted by molar-refractivity contribution is 7.98. The second kappa shape index (κ2) is 11.5. The molecule has 130 valence electrons. The van der Waals surface area contributed by atoms with E-state index in [1.807, 2.05) is 0 Å². The molecule has 5 nitrogen and oxygen atoms in total. The van der Waals surface area contributed by atoms with E-state index in [0.29, 0.717) is 5.95 Å². The zero-order valence-corrected chi connectivity index (χ0v) is 15.6. The molecule has 1 aromatic heterocycles. The van der Waals surface area contributed by atoms with Gasteiger partial charge < -0.3 is 16.0 Å². The average molecular weight is 346 g/mol. The van der Waals surface area contributed by atoms with Gasteiger partial charge in [-0.2, -0.15) is 4.98 Å². The Kier molecular flexibility index (Phi) is 9.53. The predicted molar refractivity (Wildman–Crippen MR) is 106 cm³/mol. The number of nitrogens with one attached hydrogen (secondary N) is 1. The molecule has 6 heteroatoms. The molecule has 0 aliphatic rings. The van der Waals surface area contributed by atoms with Gasteiger partial charge in [-0.05, 0) is 25.6 Å². The molecule has 3 N–H and O–H groups in total. The van der Waals surface area contributed by atoms with Crippen molar-refractivity contribution in [2.45, 2.75) is 37.3 Å². The number of nitrogens with two attached hydrogens (primary N) is 1. The van der Waals surface area contributed by atoms with E-state index in [-0.39, 0.29) is 0 Å². The van der Waals surface area contributed by atoms with E-state index in [9.17, 15) is 0 Å². The summed E-state index contributed by atoms with van der Waals surface area (Å²) in [7, 11) is 1.64. The summed E-state index contributed by atoms with van der Waals surface area (Å²) in [6, 6.07) is 8.58. The summed E-state index contributed by atoms with van der Waals surface area (Å²) < 4.78 is 0. The lowest BCUT2D eigenvalue weighted by atomic mass is 10.2. The van der Waals surface area contributed by atoms with Gasteiger partial charge in [-0.1, -0.05) is 43.2 Å². The van der Waals surface area contributed by atoms with Crippen LogP contribution in [-0.4, -0.2) is 30.3 Å². The number of nitrogen functional groups attached to an aromatic ring is 1. The fraction of sp³-hybridized carbons (Fsp3) is 0.389. The van der Waals surface area contributed by atoms with Gasteiger partial charge in [0, 0.05) is 25.5 Å². The Balaban J connectivity index is 0.000000891. The number of benzene rings is 1. The van der Waals surface area contributed by atoms with Crippen molar-refractivity contribution in [2.24, 2.45) is 4.99 Å². The number of aryl methyl sites for hydroxylation is 1. The first-order valence-corrected chi connectivity index (χ1v) is 8.98. The number of hydrogen-bond donors (Lipinski definition) is 2. The molecule has 0 saturated heterocycles. The Morgan fingerprint density at radius 2 is 1.96 bits per heavy atom. The molecule has 0 spiro atoms. The molecule has 0 radical (unpaired) electrons. The topological polar surface area (TPSA) is 76.2 Å². The average Bonchev–Trinajstić information content (AvgIpc) is 2.57. The summed E-state index contributed by atoms with van der Waals surface area (Å²) in [5, 5.41) is 3.35. The lowest BCUT2D eigenvalue weighted by Crippen LogP contribution is -2.07. The molecule has 0 fully saturated rings. The number of aromatic nitrogens is 2. The molecule has 2 rings (SSSR count). The number of aliphatic imine (C=N–C) groups is 1. The van der Waals surface area contributed by atoms with Crippen molar-refractivity contribution in [2.75, 3.05) is 24.6 Å². The predicted octanol–water partition coefficient (Wildman–Crippen LogP) is 4.19. The maximum absolute atomic E-state index is 5.68. The Hall–Kier alpha value is -2.08. The maximum Gasteiger partial charge on any atom is 0.221 e. The van der Waals surface area contributed by atoms with Crippen molar-refractivity contribution in [3.05, 3.63) is 41.6 Å². The smallest absolute Gasteiger partial charge is 0.221 e. The van der Waals surface area contributed by atoms with Crippen LogP contribution in [0, 0.1) is 6.92 Å². The minimum absolute atomic E-state index is 0.314. The molecule has 0 aliphatic carbocycles. The molecule has 0 aliphatic heterocycles. The van der Waals surface area contributed by atoms with Gasteiger partial charge in [-0.15, -0.1) is 11.8 Å². The van der Waals surface area contributed by atoms with Crippen molar-refractivity contribution >= 4 is 30.2 Å². The lowest BCUT2D eigenvalue weighted by molar-refractivity contribution is 0.827. The van der Waals surface area contributed by atoms with Crippen LogP contribution in [0.3, 0.4) is 0 Å². The van der Waals surface area contributed by atoms with Gasteiger partial charge >= 0.3 is 0 Å². The number of rotatable bonds is 7. The summed E-state index contributed by atoms with van der Waals surface area (Å²) in [5.74, 6) is 2.05. The molecule has 1 heterocycles. The van der Waals surface area contributed by atoms with Gasteiger partial charge in [-0.3, -0.25) is 0 Å². The minimum Gasteiger partial charge on any atom is -0.369 e. The summed E-state index contributed by atoms with van der Waals surface area (Å²) in [4.78, 5) is 12.7. The van der Waals surface area contributed by atoms with Crippen molar-refractivity contribution in [1.29, 1.82) is 0 Å². The van der Waals surface area contributed by atoms with E-state index < -0.39 is 0 Å². The Labute approximate surface area is 149 Å². The van der Waals surface area contributed by atoms with E-state index in [4.69, 9.17) is 5.73 Å². The molecular formula is C18H27N5S. The van der Waals surface area contributed by atoms with Crippen LogP contribution in [0.15, 0.2) is 40.4 Å². The minimum atomic E-state index is 0.314. The highest BCUT2D eigenvalue weighted by atomic mass is 32.2. The van der Waals surface area contributed by atoms with Crippen LogP contribution in [0.1, 0.15) is 30.9 Å². The first kappa shape index (κ1) is 20.0. The number of hydrogen-bond acceptors (Lipinski definition) is 6. The first-order valence-electron chi connectivity index (χ1n) is 8.00. The fourth-order valence-corrected chi connectivity index (χ4v) is 2.74. The van der Waals surface area contributed by atoms with Gasteiger partial charge in [0.15, 0.2) is 0 Å². The number of unbranched alkanes of at least 4 members (excludes halogenated alkanes) is 1. The summed E-state index contributed by atoms with van der Waals surface area (Å²) in [6.45, 7) is 8.29. The Bertz CT molecular complexity index is 613. The number of nitrogens with zero attached hydrogens (tertiary/aromatic N) is 3. The first-order chi connectivity index (χ1) is 11.6. The van der Waals surface area contributed by atoms with E-state index in [2.05, 4.69) is 65.1 Å². The molecule has 0 amide bonds. The van der Waals surface area contributed by atoms with Gasteiger partial charge in [-0.25, -0.2) is 4.98 Å². The summed E-state index contributed by atoms with van der Waals surface area (Å²) >= 11 is 1.73. The molecule has 24 heavy (non-hydrogen) atoms. The van der Waals surface area contributed by atoms with Crippen molar-refractivity contribution in [3.63, 3.8) is 0 Å². The largest absolute Gasteiger partial charge is 0.369 e. The van der Waals surface area contributed by atoms with Crippen LogP contribution in [-0.2, 0) is 5.75 Å². The zero-order valence-electron chi connectivity index (χ0n) is 14.7. The molecule has 1 aromatic carbocycles. The standard InChI is InChI=1S/C16H22N4S.C2H5N/c1-3-4-9-18-15-14(10-19-16(17)20-15)21-11-13-7-5-12(2)6-8-13;1-3-2/h5-8,10H,3-4,9,11H2,1-2H3,(H3,17,18,19,20);1H2,2H3. The third-order valence-electron chi connectivity index (χ3n) is 3.11. The lowest BCUT2D eigenvalue weighted by Gasteiger charge is -2.10. The van der Waals surface area contributed by atoms with Crippen molar-refractivity contribution < 1.29 is 0 Å². The van der Waals surface area contributed by atoms with Crippen molar-refractivity contribution in [1.82, 2.24) is 9.97 Å². The summed E-state index contributed by atoms with van der Waals surface area (Å²) in [6.07, 6.45) is 4.07. The summed E-state index contributed by atoms with van der Waals surface area (Å²) in [5.41, 5.74) is 8.26. The van der Waals surface area contributed by atoms with Crippen LogP contribution in [0.4, 0.5) is 11.8 Å². The van der Waals surface area contributed by atoms with Gasteiger partial charge in [0.25, 0.3) is 0 Å². The number of anilines is 2. The van der Waals surface area contributed by atoms with E-state index in [1.165, 1.54) is 11.1 Å². The van der Waals surface area contributed by atoms with E-state index >= 15 is 0 Å². The monoisotopic (exact) mass is 345 g/mol. The molecular weight excluding hydrogens is 318 g/mol. The number of thioether (sulfide) groups is 1. The third-order valence-corrected chi connectivity index (χ3v) is 4.20. The Morgan fingerprint density at radius 3 is 2.58 bits per heavy atom. The quantitative estimate of drug-likeness (QED) is 0.447. The molecule has 2 aromatic rings. The van der Waals surface area contributed by atoms with Crippen molar-refractivity contribution in [3.8, 4) is 0 Å². The normalized spacial score (nSPS) is 9.79. The van der Waals surface area contributed by atoms with Gasteiger partial charge in [0.1, 0.15) is 5.82 Å². The molecule has 0 saturated carbocycles. The van der Waals surface area contributed by atoms with Crippen LogP contribution in [0.2, 0.25) is 0 Å². The van der Waals surface area contributed by atoms with Crippen LogP contribution < -0.4 is 11.1 Å². The van der Waals surface area contributed by atoms with E-state index in [1.54, 1.807) is 25.0 Å². The Morgan fingerprint density at radius 1 is 1.29 bits per heavy atom. The van der Waals surface area contributed by atoms with Crippen LogP contribution >= 0.6 is 11.8 Å². The second-order valence-electron chi connectivity index (χ2n) is 5.31. The zero-order chi connectivity index (χ0) is 17.8. The molecule has 0 unspecified atom stereocenters. The molecule has 0 bridgehead atoms. The van der Waals surface area contributed by atoms with Crippen LogP contribution in [0.5, 0.6) is 0 Å². The van der Waals surface area contributed by atoms with Crippen LogP contribution in [0.25, 0.3) is 0 Å². The van der Waals surface area contributed by atoms with Gasteiger partial charge in [0.05, 0.1) is 4.90 Å². The maximum atomic E-state index is 5.68. The SMILES string of the molecule is C=NC.CCCCNc1nc(N)ncc1SCc1ccc(C)cc1. The third kappa shape index (κ3) is 7.46.